The van der Waals surface area contributed by atoms with Crippen molar-refractivity contribution in [2.24, 2.45) is 0 Å². The van der Waals surface area contributed by atoms with Gasteiger partial charge in [0.1, 0.15) is 5.83 Å². The highest BCUT2D eigenvalue weighted by molar-refractivity contribution is 6.08. The van der Waals surface area contributed by atoms with Crippen molar-refractivity contribution in [1.82, 2.24) is 0 Å². The van der Waals surface area contributed by atoms with Gasteiger partial charge in [-0.05, 0) is 19.8 Å². The predicted molar refractivity (Wildman–Crippen MR) is 64.1 cm³/mol. The second-order valence-corrected chi connectivity index (χ2v) is 3.81. The summed E-state index contributed by atoms with van der Waals surface area (Å²) < 4.78 is 13.3. The lowest BCUT2D eigenvalue weighted by Gasteiger charge is -2.06. The summed E-state index contributed by atoms with van der Waals surface area (Å²) in [6, 6.07) is 8.86. The molecule has 0 atom stereocenters. The zero-order valence-corrected chi connectivity index (χ0v) is 9.79. The van der Waals surface area contributed by atoms with Crippen molar-refractivity contribution in [3.63, 3.8) is 0 Å². The fraction of sp³-hybridized carbons (Fsp3) is 0.357. The van der Waals surface area contributed by atoms with Gasteiger partial charge in [-0.2, -0.15) is 0 Å². The third kappa shape index (κ3) is 3.30. The molecule has 0 fully saturated rings. The van der Waals surface area contributed by atoms with Crippen molar-refractivity contribution in [3.05, 3.63) is 47.3 Å². The van der Waals surface area contributed by atoms with Crippen LogP contribution in [0.2, 0.25) is 0 Å². The molecule has 0 unspecified atom stereocenters. The van der Waals surface area contributed by atoms with Gasteiger partial charge in [0.05, 0.1) is 0 Å². The first-order valence-corrected chi connectivity index (χ1v) is 5.61. The molecule has 0 heterocycles. The van der Waals surface area contributed by atoms with E-state index in [1.54, 1.807) is 24.3 Å². The predicted octanol–water partition coefficient (Wildman–Crippen LogP) is 4.30. The molecule has 0 amide bonds. The number of unbranched alkanes of at least 4 members (excludes halogenated alkanes) is 1. The molecule has 1 aromatic carbocycles. The van der Waals surface area contributed by atoms with Gasteiger partial charge < -0.3 is 0 Å². The molecule has 0 aliphatic heterocycles. The topological polar surface area (TPSA) is 17.1 Å². The number of carbonyl (C=O) groups excluding carboxylic acids is 1. The molecule has 0 aromatic heterocycles. The lowest BCUT2D eigenvalue weighted by molar-refractivity contribution is 0.102. The maximum absolute atomic E-state index is 13.3. The van der Waals surface area contributed by atoms with Gasteiger partial charge in [0, 0.05) is 11.1 Å². The van der Waals surface area contributed by atoms with Gasteiger partial charge in [0.15, 0.2) is 5.78 Å². The van der Waals surface area contributed by atoms with Gasteiger partial charge in [0.25, 0.3) is 0 Å². The number of Topliss-reactive ketones (excluding diaryl/α,β-unsaturated/α-hetero) is 1. The summed E-state index contributed by atoms with van der Waals surface area (Å²) in [5.74, 6) is -0.545. The van der Waals surface area contributed by atoms with E-state index in [1.807, 2.05) is 13.0 Å². The number of rotatable bonds is 5. The lowest BCUT2D eigenvalue weighted by atomic mass is 9.98. The van der Waals surface area contributed by atoms with E-state index in [9.17, 15) is 9.18 Å². The highest BCUT2D eigenvalue weighted by atomic mass is 19.1. The van der Waals surface area contributed by atoms with Crippen molar-refractivity contribution in [2.45, 2.75) is 33.1 Å². The van der Waals surface area contributed by atoms with E-state index in [2.05, 4.69) is 0 Å². The highest BCUT2D eigenvalue weighted by Crippen LogP contribution is 2.19. The van der Waals surface area contributed by atoms with Crippen LogP contribution >= 0.6 is 0 Å². The minimum absolute atomic E-state index is 0.186. The number of carbonyl (C=O) groups is 1. The zero-order valence-electron chi connectivity index (χ0n) is 9.79. The average molecular weight is 220 g/mol. The van der Waals surface area contributed by atoms with E-state index in [4.69, 9.17) is 0 Å². The van der Waals surface area contributed by atoms with E-state index in [1.165, 1.54) is 6.92 Å². The molecule has 0 aliphatic carbocycles. The minimum atomic E-state index is -0.359. The van der Waals surface area contributed by atoms with Crippen LogP contribution in [-0.2, 0) is 0 Å². The number of allylic oxidation sites excluding steroid dienone is 2. The Bertz CT molecular complexity index is 375. The smallest absolute Gasteiger partial charge is 0.191 e. The van der Waals surface area contributed by atoms with Crippen LogP contribution in [-0.4, -0.2) is 5.78 Å². The zero-order chi connectivity index (χ0) is 12.0. The first-order valence-electron chi connectivity index (χ1n) is 5.61. The fourth-order valence-corrected chi connectivity index (χ4v) is 1.56. The lowest BCUT2D eigenvalue weighted by Crippen LogP contribution is -2.04. The summed E-state index contributed by atoms with van der Waals surface area (Å²) in [6.45, 7) is 3.38. The van der Waals surface area contributed by atoms with Gasteiger partial charge in [-0.25, -0.2) is 4.39 Å². The average Bonchev–Trinajstić information content (AvgIpc) is 2.30. The second kappa shape index (κ2) is 6.21. The van der Waals surface area contributed by atoms with Gasteiger partial charge in [-0.15, -0.1) is 0 Å². The van der Waals surface area contributed by atoms with E-state index in [-0.39, 0.29) is 11.6 Å². The van der Waals surface area contributed by atoms with Crippen LogP contribution in [0.1, 0.15) is 43.5 Å². The highest BCUT2D eigenvalue weighted by Gasteiger charge is 2.14. The molecular weight excluding hydrogens is 203 g/mol. The maximum atomic E-state index is 13.3. The first kappa shape index (κ1) is 12.6. The van der Waals surface area contributed by atoms with Crippen molar-refractivity contribution in [2.75, 3.05) is 0 Å². The quantitative estimate of drug-likeness (QED) is 0.534. The molecule has 0 radical (unpaired) electrons. The Morgan fingerprint density at radius 1 is 1.25 bits per heavy atom. The third-order valence-corrected chi connectivity index (χ3v) is 2.51. The number of ketones is 1. The van der Waals surface area contributed by atoms with Crippen LogP contribution in [0.25, 0.3) is 0 Å². The number of hydrogen-bond acceptors (Lipinski definition) is 1. The fourth-order valence-electron chi connectivity index (χ4n) is 1.56. The maximum Gasteiger partial charge on any atom is 0.191 e. The number of benzene rings is 1. The van der Waals surface area contributed by atoms with E-state index >= 15 is 0 Å². The molecule has 16 heavy (non-hydrogen) atoms. The van der Waals surface area contributed by atoms with Crippen molar-refractivity contribution in [3.8, 4) is 0 Å². The first-order chi connectivity index (χ1) is 7.66. The third-order valence-electron chi connectivity index (χ3n) is 2.51. The monoisotopic (exact) mass is 220 g/mol. The van der Waals surface area contributed by atoms with Crippen LogP contribution in [0.4, 0.5) is 4.39 Å². The number of hydrogen-bond donors (Lipinski definition) is 0. The van der Waals surface area contributed by atoms with Crippen LogP contribution in [0.15, 0.2) is 41.7 Å². The van der Waals surface area contributed by atoms with Crippen LogP contribution in [0.3, 0.4) is 0 Å². The Hall–Kier alpha value is -1.44. The van der Waals surface area contributed by atoms with Crippen LogP contribution in [0, 0.1) is 0 Å². The largest absolute Gasteiger partial charge is 0.289 e. The Morgan fingerprint density at radius 3 is 2.38 bits per heavy atom. The van der Waals surface area contributed by atoms with Crippen LogP contribution in [0.5, 0.6) is 0 Å². The van der Waals surface area contributed by atoms with E-state index < -0.39 is 0 Å². The minimum Gasteiger partial charge on any atom is -0.289 e. The molecule has 0 bridgehead atoms. The van der Waals surface area contributed by atoms with Crippen LogP contribution < -0.4 is 0 Å². The summed E-state index contributed by atoms with van der Waals surface area (Å²) in [6.07, 6.45) is 2.32. The van der Waals surface area contributed by atoms with E-state index in [0.717, 1.165) is 12.8 Å². The molecule has 1 rings (SSSR count). The molecule has 2 heteroatoms. The van der Waals surface area contributed by atoms with Crippen molar-refractivity contribution >= 4 is 5.78 Å². The molecule has 1 aromatic rings. The van der Waals surface area contributed by atoms with Gasteiger partial charge >= 0.3 is 0 Å². The SMILES string of the molecule is CCCC/C(C(=O)c1ccccc1)=C(/C)F. The van der Waals surface area contributed by atoms with Crippen molar-refractivity contribution in [1.29, 1.82) is 0 Å². The standard InChI is InChI=1S/C14H17FO/c1-3-4-10-13(11(2)15)14(16)12-8-6-5-7-9-12/h5-9H,3-4,10H2,1-2H3/b13-11+. The summed E-state index contributed by atoms with van der Waals surface area (Å²) in [4.78, 5) is 12.0. The van der Waals surface area contributed by atoms with E-state index in [0.29, 0.717) is 17.6 Å². The molecule has 86 valence electrons. The van der Waals surface area contributed by atoms with Gasteiger partial charge in [-0.3, -0.25) is 4.79 Å². The normalized spacial score (nSPS) is 12.2. The molecule has 0 spiro atoms. The molecule has 0 N–H and O–H groups in total. The Morgan fingerprint density at radius 2 is 1.88 bits per heavy atom. The summed E-state index contributed by atoms with van der Waals surface area (Å²) in [7, 11) is 0. The molecule has 1 nitrogen and oxygen atoms in total. The molecule has 0 saturated heterocycles. The second-order valence-electron chi connectivity index (χ2n) is 3.81. The molecule has 0 saturated carbocycles. The Kier molecular flexibility index (Phi) is 4.90. The summed E-state index contributed by atoms with van der Waals surface area (Å²) >= 11 is 0. The van der Waals surface area contributed by atoms with Crippen molar-refractivity contribution < 1.29 is 9.18 Å². The summed E-state index contributed by atoms with van der Waals surface area (Å²) in [5, 5.41) is 0. The molecular formula is C14H17FO. The Labute approximate surface area is 96.0 Å². The van der Waals surface area contributed by atoms with Gasteiger partial charge in [0.2, 0.25) is 0 Å². The Balaban J connectivity index is 2.89. The summed E-state index contributed by atoms with van der Waals surface area (Å²) in [5.41, 5.74) is 0.874. The van der Waals surface area contributed by atoms with Gasteiger partial charge in [-0.1, -0.05) is 43.7 Å². The molecule has 0 aliphatic rings. The number of halogens is 1.